The van der Waals surface area contributed by atoms with Crippen molar-refractivity contribution in [2.24, 2.45) is 5.14 Å². The van der Waals surface area contributed by atoms with E-state index in [0.29, 0.717) is 34.0 Å². The van der Waals surface area contributed by atoms with Gasteiger partial charge in [0.05, 0.1) is 18.7 Å². The third kappa shape index (κ3) is 3.12. The Kier molecular flexibility index (Phi) is 4.32. The number of aryl methyl sites for hydroxylation is 1. The molecule has 2 N–H and O–H groups in total. The van der Waals surface area contributed by atoms with E-state index in [1.165, 1.54) is 6.20 Å². The van der Waals surface area contributed by atoms with Crippen LogP contribution in [0.1, 0.15) is 16.8 Å². The molecule has 0 fully saturated rings. The lowest BCUT2D eigenvalue weighted by Crippen LogP contribution is -2.28. The van der Waals surface area contributed by atoms with Crippen molar-refractivity contribution < 1.29 is 26.4 Å². The Hall–Kier alpha value is -3.05. The highest BCUT2D eigenvalue weighted by molar-refractivity contribution is 7.89. The molecule has 3 heterocycles. The maximum atomic E-state index is 14.5. The summed E-state index contributed by atoms with van der Waals surface area (Å²) >= 11 is 0. The Bertz CT molecular complexity index is 1310. The largest absolute Gasteiger partial charge is 0.306 e. The van der Waals surface area contributed by atoms with Crippen molar-refractivity contribution >= 4 is 32.7 Å². The summed E-state index contributed by atoms with van der Waals surface area (Å²) in [6.07, 6.45) is 1.41. The van der Waals surface area contributed by atoms with Crippen molar-refractivity contribution in [2.45, 2.75) is 24.8 Å². The van der Waals surface area contributed by atoms with Gasteiger partial charge in [0.15, 0.2) is 17.3 Å². The predicted molar refractivity (Wildman–Crippen MR) is 96.9 cm³/mol. The normalized spacial score (nSPS) is 14.0. The van der Waals surface area contributed by atoms with Crippen molar-refractivity contribution in [1.29, 1.82) is 0 Å². The van der Waals surface area contributed by atoms with Crippen LogP contribution in [0.3, 0.4) is 0 Å². The molecule has 0 unspecified atom stereocenters. The molecule has 3 aromatic rings. The molecule has 1 aromatic carbocycles. The molecule has 0 saturated carbocycles. The topological polar surface area (TPSA) is 106 Å². The Morgan fingerprint density at radius 1 is 1.21 bits per heavy atom. The lowest BCUT2D eigenvalue weighted by atomic mass is 10.1. The molecular weight excluding hydrogens is 409 g/mol. The van der Waals surface area contributed by atoms with Crippen molar-refractivity contribution in [1.82, 2.24) is 9.97 Å². The van der Waals surface area contributed by atoms with Gasteiger partial charge in [0, 0.05) is 28.4 Å². The van der Waals surface area contributed by atoms with Gasteiger partial charge in [0.1, 0.15) is 10.7 Å². The molecule has 0 atom stereocenters. The van der Waals surface area contributed by atoms with Gasteiger partial charge in [-0.25, -0.2) is 36.7 Å². The van der Waals surface area contributed by atoms with Gasteiger partial charge in [-0.15, -0.1) is 0 Å². The van der Waals surface area contributed by atoms with E-state index in [2.05, 4.69) is 9.97 Å². The lowest BCUT2D eigenvalue weighted by molar-refractivity contribution is -0.117. The number of carbonyl (C=O) groups excluding carboxylic acids is 1. The third-order valence-electron chi connectivity index (χ3n) is 4.67. The molecule has 29 heavy (non-hydrogen) atoms. The van der Waals surface area contributed by atoms with Crippen LogP contribution in [-0.4, -0.2) is 24.3 Å². The number of nitrogens with zero attached hydrogens (tertiary/aromatic N) is 3. The van der Waals surface area contributed by atoms with E-state index in [0.717, 1.165) is 4.90 Å². The molecule has 2 aromatic heterocycles. The molecule has 0 radical (unpaired) electrons. The molecule has 150 valence electrons. The number of rotatable bonds is 3. The summed E-state index contributed by atoms with van der Waals surface area (Å²) in [6.45, 7) is 1.12. The van der Waals surface area contributed by atoms with Crippen LogP contribution in [-0.2, 0) is 27.8 Å². The number of carbonyl (C=O) groups is 1. The van der Waals surface area contributed by atoms with E-state index in [4.69, 9.17) is 5.14 Å². The zero-order valence-corrected chi connectivity index (χ0v) is 15.7. The average Bonchev–Trinajstić information content (AvgIpc) is 2.96. The summed E-state index contributed by atoms with van der Waals surface area (Å²) in [5.41, 5.74) is 1.16. The van der Waals surface area contributed by atoms with Crippen LogP contribution in [0.25, 0.3) is 11.0 Å². The molecule has 0 bridgehead atoms. The number of amides is 1. The number of nitrogens with two attached hydrogens (primary N) is 1. The first kappa shape index (κ1) is 19.3. The van der Waals surface area contributed by atoms with Crippen LogP contribution in [0, 0.1) is 24.4 Å². The number of hydrogen-bond donors (Lipinski definition) is 1. The minimum Gasteiger partial charge on any atom is -0.306 e. The van der Waals surface area contributed by atoms with Crippen LogP contribution in [0.5, 0.6) is 0 Å². The van der Waals surface area contributed by atoms with Crippen LogP contribution >= 0.6 is 0 Å². The zero-order valence-electron chi connectivity index (χ0n) is 14.9. The highest BCUT2D eigenvalue weighted by Gasteiger charge is 2.33. The first-order chi connectivity index (χ1) is 13.6. The number of primary sulfonamides is 1. The summed E-state index contributed by atoms with van der Waals surface area (Å²) < 4.78 is 65.8. The minimum absolute atomic E-state index is 0.0485. The quantitative estimate of drug-likeness (QED) is 0.651. The number of pyridine rings is 2. The highest BCUT2D eigenvalue weighted by Crippen LogP contribution is 2.37. The Labute approximate surface area is 163 Å². The average molecular weight is 422 g/mol. The van der Waals surface area contributed by atoms with Gasteiger partial charge in [-0.2, -0.15) is 0 Å². The van der Waals surface area contributed by atoms with Gasteiger partial charge in [-0.3, -0.25) is 4.79 Å². The van der Waals surface area contributed by atoms with Gasteiger partial charge in [-0.05, 0) is 25.1 Å². The summed E-state index contributed by atoms with van der Waals surface area (Å²) in [4.78, 5) is 20.8. The van der Waals surface area contributed by atoms with E-state index in [9.17, 15) is 26.4 Å². The van der Waals surface area contributed by atoms with E-state index in [-0.39, 0.29) is 6.42 Å². The van der Waals surface area contributed by atoms with Crippen LogP contribution < -0.4 is 10.0 Å². The lowest BCUT2D eigenvalue weighted by Gasteiger charge is -2.20. The molecule has 1 aliphatic heterocycles. The summed E-state index contributed by atoms with van der Waals surface area (Å²) in [5.74, 6) is -5.32. The molecule has 0 aliphatic carbocycles. The fourth-order valence-corrected chi connectivity index (χ4v) is 3.93. The smallest absolute Gasteiger partial charge is 0.241 e. The Morgan fingerprint density at radius 3 is 2.62 bits per heavy atom. The standard InChI is InChI=1S/C18H13F3N4O3S/c1-8-2-3-10-17-9(6-23-18(10)24-8)4-14(26)25(17)7-11-12(19)5-13(29(22,27)28)16(21)15(11)20/h2-3,5-6H,4,7H2,1H3,(H2,22,27,28). The van der Waals surface area contributed by atoms with Gasteiger partial charge in [0.2, 0.25) is 15.9 Å². The number of sulfonamides is 1. The molecule has 1 amide bonds. The molecule has 7 nitrogen and oxygen atoms in total. The second-order valence-electron chi connectivity index (χ2n) is 6.62. The number of anilines is 1. The maximum Gasteiger partial charge on any atom is 0.241 e. The van der Waals surface area contributed by atoms with Gasteiger partial charge in [0.25, 0.3) is 0 Å². The second kappa shape index (κ2) is 6.49. The van der Waals surface area contributed by atoms with Crippen molar-refractivity contribution in [3.8, 4) is 0 Å². The van der Waals surface area contributed by atoms with Crippen LogP contribution in [0.15, 0.2) is 29.3 Å². The monoisotopic (exact) mass is 422 g/mol. The first-order valence-corrected chi connectivity index (χ1v) is 9.87. The van der Waals surface area contributed by atoms with Crippen molar-refractivity contribution in [2.75, 3.05) is 4.90 Å². The van der Waals surface area contributed by atoms with Gasteiger partial charge < -0.3 is 4.90 Å². The van der Waals surface area contributed by atoms with Crippen LogP contribution in [0.2, 0.25) is 0 Å². The zero-order chi connectivity index (χ0) is 21.1. The Morgan fingerprint density at radius 2 is 1.93 bits per heavy atom. The predicted octanol–water partition coefficient (Wildman–Crippen LogP) is 2.09. The van der Waals surface area contributed by atoms with E-state index in [1.54, 1.807) is 19.1 Å². The molecule has 4 rings (SSSR count). The molecule has 0 spiro atoms. The number of hydrogen-bond acceptors (Lipinski definition) is 5. The first-order valence-electron chi connectivity index (χ1n) is 8.32. The highest BCUT2D eigenvalue weighted by atomic mass is 32.2. The number of fused-ring (bicyclic) bond motifs is 3. The number of halogens is 3. The Balaban J connectivity index is 1.85. The molecular formula is C18H13F3N4O3S. The van der Waals surface area contributed by atoms with Gasteiger partial charge >= 0.3 is 0 Å². The second-order valence-corrected chi connectivity index (χ2v) is 8.15. The van der Waals surface area contributed by atoms with Crippen molar-refractivity contribution in [3.05, 3.63) is 58.7 Å². The van der Waals surface area contributed by atoms with Crippen molar-refractivity contribution in [3.63, 3.8) is 0 Å². The third-order valence-corrected chi connectivity index (χ3v) is 5.58. The van der Waals surface area contributed by atoms with E-state index < -0.39 is 50.4 Å². The SMILES string of the molecule is Cc1ccc2c3c(cnc2n1)CC(=O)N3Cc1c(F)cc(S(N)(=O)=O)c(F)c1F. The fourth-order valence-electron chi connectivity index (χ4n) is 3.32. The summed E-state index contributed by atoms with van der Waals surface area (Å²) in [5, 5.41) is 5.29. The van der Waals surface area contributed by atoms with Crippen LogP contribution in [0.4, 0.5) is 18.9 Å². The molecule has 0 saturated heterocycles. The van der Waals surface area contributed by atoms with E-state index in [1.807, 2.05) is 0 Å². The maximum absolute atomic E-state index is 14.5. The number of benzene rings is 1. The minimum atomic E-state index is -4.67. The van der Waals surface area contributed by atoms with E-state index >= 15 is 0 Å². The van der Waals surface area contributed by atoms with Gasteiger partial charge in [-0.1, -0.05) is 0 Å². The molecule has 1 aliphatic rings. The number of aromatic nitrogens is 2. The molecule has 11 heteroatoms. The summed E-state index contributed by atoms with van der Waals surface area (Å²) in [6, 6.07) is 3.69. The summed E-state index contributed by atoms with van der Waals surface area (Å²) in [7, 11) is -4.67. The fraction of sp³-hybridized carbons (Fsp3) is 0.167.